The van der Waals surface area contributed by atoms with E-state index in [1.54, 1.807) is 12.5 Å². The number of carbonyl (C=O) groups is 1. The van der Waals surface area contributed by atoms with Gasteiger partial charge >= 0.3 is 5.97 Å². The van der Waals surface area contributed by atoms with Gasteiger partial charge in [0.25, 0.3) is 0 Å². The highest BCUT2D eigenvalue weighted by Gasteiger charge is 2.21. The van der Waals surface area contributed by atoms with E-state index in [9.17, 15) is 4.79 Å². The predicted molar refractivity (Wildman–Crippen MR) is 62.3 cm³/mol. The topological polar surface area (TPSA) is 66.3 Å². The molecule has 0 spiro atoms. The van der Waals surface area contributed by atoms with Crippen LogP contribution in [0.1, 0.15) is 25.0 Å². The second kappa shape index (κ2) is 5.72. The maximum Gasteiger partial charge on any atom is 0.303 e. The summed E-state index contributed by atoms with van der Waals surface area (Å²) in [7, 11) is 0. The Morgan fingerprint density at radius 3 is 2.82 bits per heavy atom. The molecule has 1 N–H and O–H groups in total. The first-order valence-corrected chi connectivity index (χ1v) is 5.93. The monoisotopic (exact) mass is 235 g/mol. The van der Waals surface area contributed by atoms with E-state index in [-0.39, 0.29) is 0 Å². The Kier molecular flexibility index (Phi) is 4.03. The third-order valence-corrected chi connectivity index (χ3v) is 3.20. The first-order valence-electron chi connectivity index (χ1n) is 5.93. The van der Waals surface area contributed by atoms with Crippen LogP contribution in [0.3, 0.4) is 0 Å². The van der Waals surface area contributed by atoms with Crippen molar-refractivity contribution in [3.63, 3.8) is 0 Å². The van der Waals surface area contributed by atoms with Gasteiger partial charge in [-0.3, -0.25) is 9.69 Å². The molecule has 1 aliphatic heterocycles. The first kappa shape index (κ1) is 12.0. The van der Waals surface area contributed by atoms with E-state index in [0.717, 1.165) is 38.2 Å². The molecular weight excluding hydrogens is 218 g/mol. The summed E-state index contributed by atoms with van der Waals surface area (Å²) in [6, 6.07) is 1.92. The molecule has 0 radical (unpaired) electrons. The summed E-state index contributed by atoms with van der Waals surface area (Å²) in [4.78, 5) is 21.0. The number of carboxylic acids is 1. The summed E-state index contributed by atoms with van der Waals surface area (Å²) in [6.45, 7) is 2.76. The van der Waals surface area contributed by atoms with Gasteiger partial charge in [-0.1, -0.05) is 0 Å². The summed E-state index contributed by atoms with van der Waals surface area (Å²) in [5.41, 5.74) is 1.02. The van der Waals surface area contributed by atoms with E-state index in [2.05, 4.69) is 14.9 Å². The van der Waals surface area contributed by atoms with Crippen LogP contribution >= 0.6 is 0 Å². The van der Waals surface area contributed by atoms with E-state index in [0.29, 0.717) is 12.3 Å². The SMILES string of the molecule is O=C(O)CC1CCN(Cc2ccncn2)CC1. The molecule has 2 heterocycles. The van der Waals surface area contributed by atoms with Crippen molar-refractivity contribution in [3.8, 4) is 0 Å². The predicted octanol–water partition coefficient (Wildman–Crippen LogP) is 1.16. The molecule has 2 rings (SSSR count). The molecule has 1 aliphatic rings. The smallest absolute Gasteiger partial charge is 0.303 e. The number of aromatic nitrogens is 2. The normalized spacial score (nSPS) is 18.1. The fourth-order valence-electron chi connectivity index (χ4n) is 2.24. The fourth-order valence-corrected chi connectivity index (χ4v) is 2.24. The van der Waals surface area contributed by atoms with Crippen LogP contribution in [-0.2, 0) is 11.3 Å². The zero-order chi connectivity index (χ0) is 12.1. The average molecular weight is 235 g/mol. The van der Waals surface area contributed by atoms with Gasteiger partial charge in [0.05, 0.1) is 5.69 Å². The van der Waals surface area contributed by atoms with Crippen LogP contribution in [0.4, 0.5) is 0 Å². The summed E-state index contributed by atoms with van der Waals surface area (Å²) in [5, 5.41) is 8.74. The Hall–Kier alpha value is -1.49. The van der Waals surface area contributed by atoms with Crippen molar-refractivity contribution < 1.29 is 9.90 Å². The number of hydrogen-bond donors (Lipinski definition) is 1. The van der Waals surface area contributed by atoms with Crippen molar-refractivity contribution in [1.29, 1.82) is 0 Å². The van der Waals surface area contributed by atoms with Gasteiger partial charge in [-0.25, -0.2) is 9.97 Å². The zero-order valence-corrected chi connectivity index (χ0v) is 9.75. The minimum Gasteiger partial charge on any atom is -0.481 e. The minimum atomic E-state index is -0.681. The van der Waals surface area contributed by atoms with Gasteiger partial charge < -0.3 is 5.11 Å². The lowest BCUT2D eigenvalue weighted by molar-refractivity contribution is -0.138. The lowest BCUT2D eigenvalue weighted by Crippen LogP contribution is -2.34. The van der Waals surface area contributed by atoms with E-state index in [1.165, 1.54) is 0 Å². The number of hydrogen-bond acceptors (Lipinski definition) is 4. The van der Waals surface area contributed by atoms with Crippen molar-refractivity contribution in [2.24, 2.45) is 5.92 Å². The Balaban J connectivity index is 1.78. The Labute approximate surface area is 100 Å². The van der Waals surface area contributed by atoms with Crippen molar-refractivity contribution >= 4 is 5.97 Å². The van der Waals surface area contributed by atoms with Crippen LogP contribution < -0.4 is 0 Å². The number of rotatable bonds is 4. The van der Waals surface area contributed by atoms with E-state index >= 15 is 0 Å². The van der Waals surface area contributed by atoms with Crippen molar-refractivity contribution in [1.82, 2.24) is 14.9 Å². The molecule has 92 valence electrons. The standard InChI is InChI=1S/C12H17N3O2/c16-12(17)7-10-2-5-15(6-3-10)8-11-1-4-13-9-14-11/h1,4,9-10H,2-3,5-8H2,(H,16,17). The average Bonchev–Trinajstić information content (AvgIpc) is 2.32. The molecule has 17 heavy (non-hydrogen) atoms. The Morgan fingerprint density at radius 2 is 2.24 bits per heavy atom. The molecule has 5 nitrogen and oxygen atoms in total. The highest BCUT2D eigenvalue weighted by atomic mass is 16.4. The molecule has 1 aromatic rings. The van der Waals surface area contributed by atoms with Gasteiger partial charge in [-0.2, -0.15) is 0 Å². The van der Waals surface area contributed by atoms with Crippen LogP contribution in [0.2, 0.25) is 0 Å². The number of piperidine rings is 1. The van der Waals surface area contributed by atoms with Gasteiger partial charge in [0.2, 0.25) is 0 Å². The van der Waals surface area contributed by atoms with E-state index in [4.69, 9.17) is 5.11 Å². The Bertz CT molecular complexity index is 361. The third-order valence-electron chi connectivity index (χ3n) is 3.20. The molecule has 5 heteroatoms. The molecule has 1 aromatic heterocycles. The summed E-state index contributed by atoms with van der Waals surface area (Å²) >= 11 is 0. The van der Waals surface area contributed by atoms with Crippen LogP contribution in [-0.4, -0.2) is 39.0 Å². The summed E-state index contributed by atoms with van der Waals surface area (Å²) < 4.78 is 0. The largest absolute Gasteiger partial charge is 0.481 e. The quantitative estimate of drug-likeness (QED) is 0.848. The number of nitrogens with zero attached hydrogens (tertiary/aromatic N) is 3. The van der Waals surface area contributed by atoms with E-state index < -0.39 is 5.97 Å². The molecule has 1 fully saturated rings. The number of likely N-dealkylation sites (tertiary alicyclic amines) is 1. The lowest BCUT2D eigenvalue weighted by atomic mass is 9.93. The minimum absolute atomic E-state index is 0.307. The van der Waals surface area contributed by atoms with Gasteiger partial charge in [0.1, 0.15) is 6.33 Å². The highest BCUT2D eigenvalue weighted by Crippen LogP contribution is 2.21. The van der Waals surface area contributed by atoms with Crippen molar-refractivity contribution in [2.75, 3.05) is 13.1 Å². The molecule has 1 saturated heterocycles. The third kappa shape index (κ3) is 3.78. The maximum atomic E-state index is 10.6. The zero-order valence-electron chi connectivity index (χ0n) is 9.75. The van der Waals surface area contributed by atoms with Gasteiger partial charge in [0, 0.05) is 19.2 Å². The molecule has 0 atom stereocenters. The van der Waals surface area contributed by atoms with Gasteiger partial charge in [-0.15, -0.1) is 0 Å². The van der Waals surface area contributed by atoms with Crippen molar-refractivity contribution in [2.45, 2.75) is 25.8 Å². The molecular formula is C12H17N3O2. The van der Waals surface area contributed by atoms with Crippen LogP contribution in [0, 0.1) is 5.92 Å². The fraction of sp³-hybridized carbons (Fsp3) is 0.583. The van der Waals surface area contributed by atoms with Crippen molar-refractivity contribution in [3.05, 3.63) is 24.3 Å². The maximum absolute atomic E-state index is 10.6. The molecule has 0 aromatic carbocycles. The number of carboxylic acid groups (broad SMARTS) is 1. The summed E-state index contributed by atoms with van der Waals surface area (Å²) in [6.07, 6.45) is 5.56. The van der Waals surface area contributed by atoms with Crippen LogP contribution in [0.15, 0.2) is 18.6 Å². The second-order valence-electron chi connectivity index (χ2n) is 4.52. The van der Waals surface area contributed by atoms with Crippen LogP contribution in [0.5, 0.6) is 0 Å². The number of aliphatic carboxylic acids is 1. The Morgan fingerprint density at radius 1 is 1.47 bits per heavy atom. The van der Waals surface area contributed by atoms with Crippen LogP contribution in [0.25, 0.3) is 0 Å². The van der Waals surface area contributed by atoms with Gasteiger partial charge in [0.15, 0.2) is 0 Å². The second-order valence-corrected chi connectivity index (χ2v) is 4.52. The summed E-state index contributed by atoms with van der Waals surface area (Å²) in [5.74, 6) is -0.339. The molecule has 0 amide bonds. The highest BCUT2D eigenvalue weighted by molar-refractivity contribution is 5.67. The van der Waals surface area contributed by atoms with Gasteiger partial charge in [-0.05, 0) is 37.9 Å². The molecule has 0 aliphatic carbocycles. The van der Waals surface area contributed by atoms with E-state index in [1.807, 2.05) is 6.07 Å². The molecule has 0 unspecified atom stereocenters. The molecule has 0 bridgehead atoms. The molecule has 0 saturated carbocycles. The first-order chi connectivity index (χ1) is 8.24. The lowest BCUT2D eigenvalue weighted by Gasteiger charge is -2.30.